The number of carbonyl (C=O) groups excluding carboxylic acids is 1. The smallest absolute Gasteiger partial charge is 0.354 e. The Morgan fingerprint density at radius 1 is 1.53 bits per heavy atom. The molecular weight excluding hydrogens is 196 g/mol. The lowest BCUT2D eigenvalue weighted by atomic mass is 10.3. The second-order valence-corrected chi connectivity index (χ2v) is 3.08. The Bertz CT molecular complexity index is 309. The lowest BCUT2D eigenvalue weighted by Gasteiger charge is -2.00. The minimum Gasteiger partial charge on any atom is -0.464 e. The van der Waals surface area contributed by atoms with Gasteiger partial charge in [-0.2, -0.15) is 0 Å². The lowest BCUT2D eigenvalue weighted by Crippen LogP contribution is -2.18. The number of methoxy groups -OCH3 is 2. The van der Waals surface area contributed by atoms with Crippen LogP contribution in [0.2, 0.25) is 0 Å². The third-order valence-electron chi connectivity index (χ3n) is 1.96. The van der Waals surface area contributed by atoms with E-state index in [0.29, 0.717) is 18.8 Å². The van der Waals surface area contributed by atoms with Gasteiger partial charge in [0, 0.05) is 26.4 Å². The number of hydrogen-bond acceptors (Lipinski definition) is 4. The second kappa shape index (κ2) is 6.21. The van der Waals surface area contributed by atoms with Gasteiger partial charge in [0.15, 0.2) is 0 Å². The standard InChI is InChI=1S/C10H16N2O3/c1-14-4-3-11-6-8-5-9(12-7-8)10(13)15-2/h5,7,11-12H,3-4,6H2,1-2H3. The first-order valence-corrected chi connectivity index (χ1v) is 4.73. The van der Waals surface area contributed by atoms with Crippen molar-refractivity contribution in [3.05, 3.63) is 23.5 Å². The zero-order valence-corrected chi connectivity index (χ0v) is 9.00. The summed E-state index contributed by atoms with van der Waals surface area (Å²) < 4.78 is 9.48. The molecule has 5 heteroatoms. The fourth-order valence-corrected chi connectivity index (χ4v) is 1.18. The zero-order valence-electron chi connectivity index (χ0n) is 9.00. The van der Waals surface area contributed by atoms with Gasteiger partial charge in [-0.3, -0.25) is 0 Å². The van der Waals surface area contributed by atoms with Gasteiger partial charge in [-0.1, -0.05) is 0 Å². The van der Waals surface area contributed by atoms with Crippen molar-refractivity contribution in [2.45, 2.75) is 6.54 Å². The fourth-order valence-electron chi connectivity index (χ4n) is 1.18. The van der Waals surface area contributed by atoms with E-state index in [2.05, 4.69) is 15.0 Å². The number of aromatic amines is 1. The molecule has 0 radical (unpaired) electrons. The van der Waals surface area contributed by atoms with E-state index in [4.69, 9.17) is 4.74 Å². The Balaban J connectivity index is 2.36. The molecule has 1 aromatic rings. The van der Waals surface area contributed by atoms with Gasteiger partial charge in [-0.15, -0.1) is 0 Å². The predicted octanol–water partition coefficient (Wildman–Crippen LogP) is 0.537. The first kappa shape index (κ1) is 11.7. The molecular formula is C10H16N2O3. The Morgan fingerprint density at radius 2 is 2.33 bits per heavy atom. The Morgan fingerprint density at radius 3 is 3.00 bits per heavy atom. The highest BCUT2D eigenvalue weighted by molar-refractivity contribution is 5.87. The van der Waals surface area contributed by atoms with Gasteiger partial charge >= 0.3 is 5.97 Å². The summed E-state index contributed by atoms with van der Waals surface area (Å²) in [7, 11) is 3.02. The van der Waals surface area contributed by atoms with Crippen molar-refractivity contribution in [2.24, 2.45) is 0 Å². The number of aromatic nitrogens is 1. The van der Waals surface area contributed by atoms with Gasteiger partial charge in [-0.05, 0) is 11.6 Å². The summed E-state index contributed by atoms with van der Waals surface area (Å²) in [5.41, 5.74) is 1.49. The van der Waals surface area contributed by atoms with Crippen LogP contribution in [0.1, 0.15) is 16.1 Å². The van der Waals surface area contributed by atoms with Crippen LogP contribution in [-0.2, 0) is 16.0 Å². The average molecular weight is 212 g/mol. The van der Waals surface area contributed by atoms with Crippen LogP contribution in [0.25, 0.3) is 0 Å². The third kappa shape index (κ3) is 3.73. The summed E-state index contributed by atoms with van der Waals surface area (Å²) in [5.74, 6) is -0.349. The molecule has 0 unspecified atom stereocenters. The van der Waals surface area contributed by atoms with Gasteiger partial charge in [0.2, 0.25) is 0 Å². The third-order valence-corrected chi connectivity index (χ3v) is 1.96. The monoisotopic (exact) mass is 212 g/mol. The molecule has 1 heterocycles. The highest BCUT2D eigenvalue weighted by atomic mass is 16.5. The van der Waals surface area contributed by atoms with Crippen LogP contribution in [0, 0.1) is 0 Å². The molecule has 84 valence electrons. The van der Waals surface area contributed by atoms with Crippen molar-refractivity contribution in [1.82, 2.24) is 10.3 Å². The van der Waals surface area contributed by atoms with Crippen molar-refractivity contribution in [3.8, 4) is 0 Å². The topological polar surface area (TPSA) is 63.3 Å². The minimum atomic E-state index is -0.349. The predicted molar refractivity (Wildman–Crippen MR) is 55.7 cm³/mol. The summed E-state index contributed by atoms with van der Waals surface area (Å²) in [5, 5.41) is 3.18. The van der Waals surface area contributed by atoms with Gasteiger partial charge in [0.05, 0.1) is 13.7 Å². The summed E-state index contributed by atoms with van der Waals surface area (Å²) >= 11 is 0. The molecule has 1 aromatic heterocycles. The van der Waals surface area contributed by atoms with E-state index in [1.54, 1.807) is 19.4 Å². The van der Waals surface area contributed by atoms with Crippen LogP contribution in [0.4, 0.5) is 0 Å². The van der Waals surface area contributed by atoms with Crippen molar-refractivity contribution < 1.29 is 14.3 Å². The summed E-state index contributed by atoms with van der Waals surface area (Å²) in [6.07, 6.45) is 1.78. The van der Waals surface area contributed by atoms with Crippen molar-refractivity contribution in [1.29, 1.82) is 0 Å². The lowest BCUT2D eigenvalue weighted by molar-refractivity contribution is 0.0595. The van der Waals surface area contributed by atoms with Crippen LogP contribution < -0.4 is 5.32 Å². The number of hydrogen-bond donors (Lipinski definition) is 2. The van der Waals surface area contributed by atoms with Gasteiger partial charge in [-0.25, -0.2) is 4.79 Å². The molecule has 5 nitrogen and oxygen atoms in total. The first-order chi connectivity index (χ1) is 7.27. The highest BCUT2D eigenvalue weighted by Crippen LogP contribution is 2.04. The van der Waals surface area contributed by atoms with Crippen molar-refractivity contribution in [2.75, 3.05) is 27.4 Å². The number of esters is 1. The maximum atomic E-state index is 11.1. The second-order valence-electron chi connectivity index (χ2n) is 3.08. The average Bonchev–Trinajstić information content (AvgIpc) is 2.72. The van der Waals surface area contributed by atoms with E-state index in [-0.39, 0.29) is 5.97 Å². The SMILES string of the molecule is COCCNCc1c[nH]c(C(=O)OC)c1. The molecule has 0 amide bonds. The van der Waals surface area contributed by atoms with Crippen LogP contribution in [0.5, 0.6) is 0 Å². The number of ether oxygens (including phenoxy) is 2. The van der Waals surface area contributed by atoms with Crippen LogP contribution in [-0.4, -0.2) is 38.3 Å². The maximum absolute atomic E-state index is 11.1. The molecule has 0 aliphatic heterocycles. The summed E-state index contributed by atoms with van der Waals surface area (Å²) in [6, 6.07) is 1.77. The molecule has 0 spiro atoms. The number of rotatable bonds is 6. The van der Waals surface area contributed by atoms with Crippen LogP contribution in [0.3, 0.4) is 0 Å². The largest absolute Gasteiger partial charge is 0.464 e. The minimum absolute atomic E-state index is 0.349. The molecule has 0 aliphatic rings. The molecule has 0 saturated carbocycles. The van der Waals surface area contributed by atoms with Crippen molar-refractivity contribution in [3.63, 3.8) is 0 Å². The van der Waals surface area contributed by atoms with E-state index in [1.807, 2.05) is 0 Å². The fraction of sp³-hybridized carbons (Fsp3) is 0.500. The highest BCUT2D eigenvalue weighted by Gasteiger charge is 2.07. The molecule has 0 atom stereocenters. The van der Waals surface area contributed by atoms with Crippen LogP contribution >= 0.6 is 0 Å². The molecule has 0 bridgehead atoms. The Labute approximate surface area is 88.8 Å². The molecule has 1 rings (SSSR count). The van der Waals surface area contributed by atoms with E-state index in [0.717, 1.165) is 12.1 Å². The Kier molecular flexibility index (Phi) is 4.86. The molecule has 0 saturated heterocycles. The van der Waals surface area contributed by atoms with Gasteiger partial charge in [0.1, 0.15) is 5.69 Å². The maximum Gasteiger partial charge on any atom is 0.354 e. The summed E-state index contributed by atoms with van der Waals surface area (Å²) in [6.45, 7) is 2.17. The van der Waals surface area contributed by atoms with Gasteiger partial charge in [0.25, 0.3) is 0 Å². The molecule has 0 aromatic carbocycles. The zero-order chi connectivity index (χ0) is 11.1. The Hall–Kier alpha value is -1.33. The quantitative estimate of drug-likeness (QED) is 0.533. The van der Waals surface area contributed by atoms with E-state index >= 15 is 0 Å². The normalized spacial score (nSPS) is 10.3. The number of carbonyl (C=O) groups is 1. The molecule has 2 N–H and O–H groups in total. The van der Waals surface area contributed by atoms with Crippen molar-refractivity contribution >= 4 is 5.97 Å². The van der Waals surface area contributed by atoms with Gasteiger partial charge < -0.3 is 19.8 Å². The van der Waals surface area contributed by atoms with Crippen LogP contribution in [0.15, 0.2) is 12.3 Å². The van der Waals surface area contributed by atoms with E-state index in [9.17, 15) is 4.79 Å². The first-order valence-electron chi connectivity index (χ1n) is 4.73. The molecule has 0 aliphatic carbocycles. The van der Waals surface area contributed by atoms with E-state index < -0.39 is 0 Å². The molecule has 0 fully saturated rings. The number of H-pyrrole nitrogens is 1. The summed E-state index contributed by atoms with van der Waals surface area (Å²) in [4.78, 5) is 14.0. The number of nitrogens with one attached hydrogen (secondary N) is 2. The molecule has 15 heavy (non-hydrogen) atoms. The van der Waals surface area contributed by atoms with E-state index in [1.165, 1.54) is 7.11 Å².